The Bertz CT molecular complexity index is 563. The average molecular weight is 319 g/mol. The van der Waals surface area contributed by atoms with E-state index >= 15 is 0 Å². The van der Waals surface area contributed by atoms with E-state index in [9.17, 15) is 9.90 Å². The smallest absolute Gasteiger partial charge is 0.257 e. The summed E-state index contributed by atoms with van der Waals surface area (Å²) in [6.07, 6.45) is 6.77. The van der Waals surface area contributed by atoms with E-state index in [0.717, 1.165) is 49.9 Å². The van der Waals surface area contributed by atoms with Gasteiger partial charge in [0.05, 0.1) is 23.6 Å². The lowest BCUT2D eigenvalue weighted by atomic mass is 10.0. The van der Waals surface area contributed by atoms with E-state index in [1.165, 1.54) is 0 Å². The van der Waals surface area contributed by atoms with E-state index in [1.807, 2.05) is 11.7 Å². The summed E-state index contributed by atoms with van der Waals surface area (Å²) in [5.41, 5.74) is 1.89. The zero-order valence-corrected chi connectivity index (χ0v) is 14.5. The summed E-state index contributed by atoms with van der Waals surface area (Å²) >= 11 is 0. The van der Waals surface area contributed by atoms with Crippen LogP contribution in [-0.4, -0.2) is 45.4 Å². The number of aromatic nitrogens is 2. The fourth-order valence-electron chi connectivity index (χ4n) is 3.71. The average Bonchev–Trinajstić information content (AvgIpc) is 3.14. The monoisotopic (exact) mass is 319 g/mol. The van der Waals surface area contributed by atoms with Gasteiger partial charge in [0.2, 0.25) is 0 Å². The molecular formula is C18H29N3O2. The molecule has 0 radical (unpaired) electrons. The van der Waals surface area contributed by atoms with Crippen molar-refractivity contribution in [3.8, 4) is 0 Å². The lowest BCUT2D eigenvalue weighted by molar-refractivity contribution is 0.0692. The van der Waals surface area contributed by atoms with Gasteiger partial charge in [-0.15, -0.1) is 0 Å². The summed E-state index contributed by atoms with van der Waals surface area (Å²) in [7, 11) is 1.85. The Balaban J connectivity index is 1.74. The van der Waals surface area contributed by atoms with Crippen LogP contribution in [0.5, 0.6) is 0 Å². The van der Waals surface area contributed by atoms with Gasteiger partial charge in [-0.1, -0.05) is 20.3 Å². The van der Waals surface area contributed by atoms with Gasteiger partial charge in [0.25, 0.3) is 5.91 Å². The maximum absolute atomic E-state index is 12.9. The number of nitrogens with zero attached hydrogens (tertiary/aromatic N) is 3. The molecule has 1 aromatic rings. The molecule has 5 nitrogen and oxygen atoms in total. The van der Waals surface area contributed by atoms with Gasteiger partial charge in [-0.3, -0.25) is 9.48 Å². The lowest BCUT2D eigenvalue weighted by Gasteiger charge is -2.23. The number of aliphatic hydroxyl groups is 1. The number of amides is 1. The first kappa shape index (κ1) is 16.5. The molecule has 128 valence electrons. The molecule has 0 spiro atoms. The van der Waals surface area contributed by atoms with Gasteiger partial charge in [-0.2, -0.15) is 5.10 Å². The van der Waals surface area contributed by atoms with E-state index in [4.69, 9.17) is 0 Å². The van der Waals surface area contributed by atoms with Crippen molar-refractivity contribution in [1.29, 1.82) is 0 Å². The van der Waals surface area contributed by atoms with Gasteiger partial charge in [-0.05, 0) is 31.6 Å². The molecule has 2 fully saturated rings. The van der Waals surface area contributed by atoms with Crippen molar-refractivity contribution in [2.24, 2.45) is 11.8 Å². The van der Waals surface area contributed by atoms with Crippen LogP contribution in [0.25, 0.3) is 0 Å². The summed E-state index contributed by atoms with van der Waals surface area (Å²) in [6, 6.07) is 0. The lowest BCUT2D eigenvalue weighted by Crippen LogP contribution is -2.34. The van der Waals surface area contributed by atoms with Gasteiger partial charge in [0, 0.05) is 32.0 Å². The minimum absolute atomic E-state index is 0.0565. The molecule has 3 rings (SSSR count). The van der Waals surface area contributed by atoms with Crippen LogP contribution in [0.3, 0.4) is 0 Å². The van der Waals surface area contributed by atoms with Crippen molar-refractivity contribution in [3.05, 3.63) is 17.5 Å². The molecule has 23 heavy (non-hydrogen) atoms. The molecule has 2 saturated carbocycles. The highest BCUT2D eigenvalue weighted by atomic mass is 16.3. The van der Waals surface area contributed by atoms with E-state index in [0.29, 0.717) is 18.4 Å². The minimum Gasteiger partial charge on any atom is -0.393 e. The largest absolute Gasteiger partial charge is 0.393 e. The highest BCUT2D eigenvalue weighted by molar-refractivity contribution is 5.95. The van der Waals surface area contributed by atoms with Crippen LogP contribution in [-0.2, 0) is 6.54 Å². The molecule has 0 saturated heterocycles. The van der Waals surface area contributed by atoms with E-state index in [1.54, 1.807) is 11.1 Å². The second kappa shape index (κ2) is 6.63. The molecule has 2 aliphatic carbocycles. The highest BCUT2D eigenvalue weighted by Gasteiger charge is 2.34. The molecule has 1 aromatic heterocycles. The molecule has 0 aliphatic heterocycles. The Morgan fingerprint density at radius 2 is 2.13 bits per heavy atom. The molecule has 2 atom stereocenters. The zero-order valence-electron chi connectivity index (χ0n) is 14.5. The number of carbonyl (C=O) groups is 1. The third-order valence-electron chi connectivity index (χ3n) is 5.09. The molecule has 2 aliphatic rings. The first-order valence-electron chi connectivity index (χ1n) is 8.96. The van der Waals surface area contributed by atoms with Gasteiger partial charge < -0.3 is 10.0 Å². The van der Waals surface area contributed by atoms with Crippen molar-refractivity contribution >= 4 is 5.91 Å². The second-order valence-electron chi connectivity index (χ2n) is 7.74. The van der Waals surface area contributed by atoms with Crippen molar-refractivity contribution in [2.45, 2.75) is 64.5 Å². The Labute approximate surface area is 138 Å². The summed E-state index contributed by atoms with van der Waals surface area (Å²) in [4.78, 5) is 14.7. The Morgan fingerprint density at radius 3 is 2.70 bits per heavy atom. The van der Waals surface area contributed by atoms with Gasteiger partial charge >= 0.3 is 0 Å². The van der Waals surface area contributed by atoms with Crippen LogP contribution in [0, 0.1) is 11.8 Å². The molecule has 1 heterocycles. The molecule has 2 unspecified atom stereocenters. The molecule has 1 amide bonds. The van der Waals surface area contributed by atoms with Crippen LogP contribution >= 0.6 is 0 Å². The maximum Gasteiger partial charge on any atom is 0.257 e. The summed E-state index contributed by atoms with van der Waals surface area (Å²) in [5, 5.41) is 14.5. The molecule has 1 N–H and O–H groups in total. The fourth-order valence-corrected chi connectivity index (χ4v) is 3.71. The van der Waals surface area contributed by atoms with Gasteiger partial charge in [0.15, 0.2) is 0 Å². The Kier molecular flexibility index (Phi) is 4.76. The first-order valence-corrected chi connectivity index (χ1v) is 8.96. The summed E-state index contributed by atoms with van der Waals surface area (Å²) in [5.74, 6) is 1.29. The van der Waals surface area contributed by atoms with Crippen molar-refractivity contribution in [2.75, 3.05) is 13.6 Å². The SMILES string of the molecule is CC(C)Cn1ncc(C(=O)N(C)CC2CCCC2O)c1C1CC1. The molecule has 5 heteroatoms. The van der Waals surface area contributed by atoms with Gasteiger partial charge in [0.1, 0.15) is 0 Å². The van der Waals surface area contributed by atoms with Crippen LogP contribution in [0.15, 0.2) is 6.20 Å². The molecular weight excluding hydrogens is 290 g/mol. The van der Waals surface area contributed by atoms with E-state index in [-0.39, 0.29) is 17.9 Å². The first-order chi connectivity index (χ1) is 11.0. The van der Waals surface area contributed by atoms with E-state index in [2.05, 4.69) is 18.9 Å². The molecule has 0 bridgehead atoms. The standard InChI is InChI=1S/C18H29N3O2/c1-12(2)10-21-17(13-7-8-13)15(9-19-21)18(23)20(3)11-14-5-4-6-16(14)22/h9,12-14,16,22H,4-8,10-11H2,1-3H3. The van der Waals surface area contributed by atoms with Crippen molar-refractivity contribution < 1.29 is 9.90 Å². The van der Waals surface area contributed by atoms with Crippen molar-refractivity contribution in [3.63, 3.8) is 0 Å². The zero-order chi connectivity index (χ0) is 16.6. The minimum atomic E-state index is -0.253. The third-order valence-corrected chi connectivity index (χ3v) is 5.09. The Hall–Kier alpha value is -1.36. The summed E-state index contributed by atoms with van der Waals surface area (Å²) in [6.45, 7) is 5.85. The molecule has 0 aromatic carbocycles. The predicted octanol–water partition coefficient (Wildman–Crippen LogP) is 2.65. The number of rotatable bonds is 6. The predicted molar refractivity (Wildman–Crippen MR) is 89.3 cm³/mol. The normalized spacial score (nSPS) is 24.4. The third kappa shape index (κ3) is 3.60. The highest BCUT2D eigenvalue weighted by Crippen LogP contribution is 2.42. The van der Waals surface area contributed by atoms with Crippen LogP contribution in [0.1, 0.15) is 67.9 Å². The second-order valence-corrected chi connectivity index (χ2v) is 7.74. The van der Waals surface area contributed by atoms with Crippen LogP contribution < -0.4 is 0 Å². The van der Waals surface area contributed by atoms with Crippen LogP contribution in [0.2, 0.25) is 0 Å². The number of aliphatic hydroxyl groups excluding tert-OH is 1. The van der Waals surface area contributed by atoms with Crippen LogP contribution in [0.4, 0.5) is 0 Å². The maximum atomic E-state index is 12.9. The van der Waals surface area contributed by atoms with E-state index < -0.39 is 0 Å². The Morgan fingerprint density at radius 1 is 1.39 bits per heavy atom. The summed E-state index contributed by atoms with van der Waals surface area (Å²) < 4.78 is 2.04. The van der Waals surface area contributed by atoms with Gasteiger partial charge in [-0.25, -0.2) is 0 Å². The number of carbonyl (C=O) groups excluding carboxylic acids is 1. The fraction of sp³-hybridized carbons (Fsp3) is 0.778. The number of hydrogen-bond acceptors (Lipinski definition) is 3. The number of hydrogen-bond donors (Lipinski definition) is 1. The topological polar surface area (TPSA) is 58.4 Å². The quantitative estimate of drug-likeness (QED) is 0.877. The van der Waals surface area contributed by atoms with Crippen molar-refractivity contribution in [1.82, 2.24) is 14.7 Å².